The predicted molar refractivity (Wildman–Crippen MR) is 99.1 cm³/mol. The molecule has 0 bridgehead atoms. The lowest BCUT2D eigenvalue weighted by molar-refractivity contribution is 0.0620. The number of amides is 1. The van der Waals surface area contributed by atoms with Gasteiger partial charge in [-0.15, -0.1) is 0 Å². The summed E-state index contributed by atoms with van der Waals surface area (Å²) in [5.74, 6) is -0.0107. The zero-order valence-electron chi connectivity index (χ0n) is 14.7. The molecule has 1 aliphatic heterocycles. The van der Waals surface area contributed by atoms with Crippen LogP contribution in [0.1, 0.15) is 36.5 Å². The summed E-state index contributed by atoms with van der Waals surface area (Å²) in [5, 5.41) is 0.953. The standard InChI is InChI=1S/C18H25N3O3S/c1-3-20-13-16(15-9-4-5-10-17(15)20)18(22)21-11-7-6-8-14(21)12-19-25(2,23)24/h4-5,9-10,13-14,19H,3,6-8,11-12H2,1-2H3/t14-/m1/s1. The molecule has 1 saturated heterocycles. The Labute approximate surface area is 148 Å². The van der Waals surface area contributed by atoms with Gasteiger partial charge in [-0.2, -0.15) is 0 Å². The Hall–Kier alpha value is -1.86. The van der Waals surface area contributed by atoms with Crippen molar-refractivity contribution in [2.45, 2.75) is 38.8 Å². The summed E-state index contributed by atoms with van der Waals surface area (Å²) in [7, 11) is -3.26. The van der Waals surface area contributed by atoms with Gasteiger partial charge in [0.2, 0.25) is 10.0 Å². The first-order chi connectivity index (χ1) is 11.9. The summed E-state index contributed by atoms with van der Waals surface area (Å²) >= 11 is 0. The van der Waals surface area contributed by atoms with Crippen molar-refractivity contribution in [2.24, 2.45) is 0 Å². The quantitative estimate of drug-likeness (QED) is 0.885. The van der Waals surface area contributed by atoms with Gasteiger partial charge < -0.3 is 9.47 Å². The second-order valence-corrected chi connectivity index (χ2v) is 8.45. The third kappa shape index (κ3) is 3.88. The number of sulfonamides is 1. The Morgan fingerprint density at radius 1 is 1.28 bits per heavy atom. The van der Waals surface area contributed by atoms with E-state index >= 15 is 0 Å². The zero-order chi connectivity index (χ0) is 18.0. The first-order valence-corrected chi connectivity index (χ1v) is 10.6. The highest BCUT2D eigenvalue weighted by Crippen LogP contribution is 2.26. The van der Waals surface area contributed by atoms with Crippen LogP contribution in [0.2, 0.25) is 0 Å². The molecular weight excluding hydrogens is 338 g/mol. The Balaban J connectivity index is 1.90. The van der Waals surface area contributed by atoms with Crippen molar-refractivity contribution in [3.63, 3.8) is 0 Å². The SMILES string of the molecule is CCn1cc(C(=O)N2CCCC[C@@H]2CNS(C)(=O)=O)c2ccccc21. The smallest absolute Gasteiger partial charge is 0.256 e. The molecule has 25 heavy (non-hydrogen) atoms. The highest BCUT2D eigenvalue weighted by Gasteiger charge is 2.29. The molecule has 2 heterocycles. The monoisotopic (exact) mass is 363 g/mol. The molecule has 0 unspecified atom stereocenters. The van der Waals surface area contributed by atoms with Crippen molar-refractivity contribution >= 4 is 26.8 Å². The fraction of sp³-hybridized carbons (Fsp3) is 0.500. The lowest BCUT2D eigenvalue weighted by atomic mass is 10.0. The largest absolute Gasteiger partial charge is 0.347 e. The van der Waals surface area contributed by atoms with Gasteiger partial charge in [0.05, 0.1) is 11.8 Å². The number of aryl methyl sites for hydroxylation is 1. The van der Waals surface area contributed by atoms with Crippen molar-refractivity contribution in [3.05, 3.63) is 36.0 Å². The van der Waals surface area contributed by atoms with E-state index in [-0.39, 0.29) is 18.5 Å². The number of carbonyl (C=O) groups excluding carboxylic acids is 1. The predicted octanol–water partition coefficient (Wildman–Crippen LogP) is 2.21. The van der Waals surface area contributed by atoms with Crippen molar-refractivity contribution in [1.29, 1.82) is 0 Å². The minimum atomic E-state index is -3.26. The number of rotatable bonds is 5. The molecule has 0 aliphatic carbocycles. The Morgan fingerprint density at radius 3 is 2.76 bits per heavy atom. The first-order valence-electron chi connectivity index (χ1n) is 8.74. The minimum absolute atomic E-state index is 0.0107. The van der Waals surface area contributed by atoms with E-state index in [0.29, 0.717) is 12.1 Å². The summed E-state index contributed by atoms with van der Waals surface area (Å²) in [6.07, 6.45) is 5.85. The van der Waals surface area contributed by atoms with Gasteiger partial charge in [-0.25, -0.2) is 13.1 Å². The maximum absolute atomic E-state index is 13.2. The maximum atomic E-state index is 13.2. The number of hydrogen-bond acceptors (Lipinski definition) is 3. The number of para-hydroxylation sites is 1. The summed E-state index contributed by atoms with van der Waals surface area (Å²) in [6.45, 7) is 3.80. The van der Waals surface area contributed by atoms with Crippen LogP contribution < -0.4 is 4.72 Å². The summed E-state index contributed by atoms with van der Waals surface area (Å²) in [5.41, 5.74) is 1.75. The van der Waals surface area contributed by atoms with Gasteiger partial charge in [-0.05, 0) is 32.3 Å². The number of aromatic nitrogens is 1. The topological polar surface area (TPSA) is 71.4 Å². The van der Waals surface area contributed by atoms with Gasteiger partial charge in [-0.1, -0.05) is 18.2 Å². The normalized spacial score (nSPS) is 18.6. The van der Waals surface area contributed by atoms with Gasteiger partial charge in [0, 0.05) is 42.8 Å². The van der Waals surface area contributed by atoms with Crippen LogP contribution in [-0.4, -0.2) is 49.2 Å². The van der Waals surface area contributed by atoms with Crippen molar-refractivity contribution in [3.8, 4) is 0 Å². The molecule has 3 rings (SSSR count). The first kappa shape index (κ1) is 17.9. The van der Waals surface area contributed by atoms with Gasteiger partial charge in [0.25, 0.3) is 5.91 Å². The highest BCUT2D eigenvalue weighted by molar-refractivity contribution is 7.88. The van der Waals surface area contributed by atoms with Gasteiger partial charge >= 0.3 is 0 Å². The Morgan fingerprint density at radius 2 is 2.04 bits per heavy atom. The van der Waals surface area contributed by atoms with Crippen LogP contribution in [0.25, 0.3) is 10.9 Å². The van der Waals surface area contributed by atoms with E-state index in [1.54, 1.807) is 0 Å². The highest BCUT2D eigenvalue weighted by atomic mass is 32.2. The van der Waals surface area contributed by atoms with Gasteiger partial charge in [0.1, 0.15) is 0 Å². The van der Waals surface area contributed by atoms with Crippen LogP contribution in [0.4, 0.5) is 0 Å². The lowest BCUT2D eigenvalue weighted by Crippen LogP contribution is -2.49. The lowest BCUT2D eigenvalue weighted by Gasteiger charge is -2.35. The van der Waals surface area contributed by atoms with Crippen LogP contribution >= 0.6 is 0 Å². The number of nitrogens with zero attached hydrogens (tertiary/aromatic N) is 2. The number of benzene rings is 1. The van der Waals surface area contributed by atoms with Crippen LogP contribution in [-0.2, 0) is 16.6 Å². The molecule has 1 N–H and O–H groups in total. The van der Waals surface area contributed by atoms with E-state index < -0.39 is 10.0 Å². The minimum Gasteiger partial charge on any atom is -0.347 e. The Kier molecular flexibility index (Phi) is 5.15. The van der Waals surface area contributed by atoms with Crippen molar-refractivity contribution in [1.82, 2.24) is 14.2 Å². The molecule has 2 aromatic rings. The Bertz CT molecular complexity index is 873. The molecule has 0 radical (unpaired) electrons. The number of hydrogen-bond donors (Lipinski definition) is 1. The van der Waals surface area contributed by atoms with Gasteiger partial charge in [0.15, 0.2) is 0 Å². The van der Waals surface area contributed by atoms with E-state index in [9.17, 15) is 13.2 Å². The van der Waals surface area contributed by atoms with E-state index in [1.165, 1.54) is 0 Å². The fourth-order valence-electron chi connectivity index (χ4n) is 3.56. The molecule has 1 aromatic carbocycles. The molecule has 6 nitrogen and oxygen atoms in total. The second-order valence-electron chi connectivity index (χ2n) is 6.61. The van der Waals surface area contributed by atoms with E-state index in [0.717, 1.165) is 43.0 Å². The molecule has 1 fully saturated rings. The van der Waals surface area contributed by atoms with Crippen LogP contribution in [0.5, 0.6) is 0 Å². The molecule has 1 aliphatic rings. The number of fused-ring (bicyclic) bond motifs is 1. The second kappa shape index (κ2) is 7.17. The molecule has 1 amide bonds. The van der Waals surface area contributed by atoms with E-state index in [4.69, 9.17) is 0 Å². The summed E-state index contributed by atoms with van der Waals surface area (Å²) in [6, 6.07) is 7.82. The molecular formula is C18H25N3O3S. The average molecular weight is 363 g/mol. The maximum Gasteiger partial charge on any atom is 0.256 e. The number of nitrogens with one attached hydrogen (secondary N) is 1. The molecule has 0 spiro atoms. The van der Waals surface area contributed by atoms with Crippen LogP contribution in [0, 0.1) is 0 Å². The zero-order valence-corrected chi connectivity index (χ0v) is 15.6. The van der Waals surface area contributed by atoms with Crippen molar-refractivity contribution in [2.75, 3.05) is 19.3 Å². The van der Waals surface area contributed by atoms with Gasteiger partial charge in [-0.3, -0.25) is 4.79 Å². The molecule has 7 heteroatoms. The van der Waals surface area contributed by atoms with Crippen molar-refractivity contribution < 1.29 is 13.2 Å². The van der Waals surface area contributed by atoms with Crippen LogP contribution in [0.15, 0.2) is 30.5 Å². The fourth-order valence-corrected chi connectivity index (χ4v) is 4.06. The molecule has 1 atom stereocenters. The summed E-state index contributed by atoms with van der Waals surface area (Å²) < 4.78 is 27.5. The van der Waals surface area contributed by atoms with E-state index in [2.05, 4.69) is 16.2 Å². The third-order valence-corrected chi connectivity index (χ3v) is 5.52. The molecule has 1 aromatic heterocycles. The molecule has 136 valence electrons. The van der Waals surface area contributed by atoms with E-state index in [1.807, 2.05) is 35.4 Å². The molecule has 0 saturated carbocycles. The number of piperidine rings is 1. The number of likely N-dealkylation sites (tertiary alicyclic amines) is 1. The van der Waals surface area contributed by atoms with Crippen LogP contribution in [0.3, 0.4) is 0 Å². The summed E-state index contributed by atoms with van der Waals surface area (Å²) in [4.78, 5) is 15.1. The third-order valence-electron chi connectivity index (χ3n) is 4.83. The average Bonchev–Trinajstić information content (AvgIpc) is 2.98. The number of carbonyl (C=O) groups is 1.